The molecule has 4 nitrogen and oxygen atoms in total. The first-order valence-corrected chi connectivity index (χ1v) is 7.99. The molecule has 1 fully saturated rings. The molecule has 5 heteroatoms. The number of benzene rings is 1. The lowest BCUT2D eigenvalue weighted by molar-refractivity contribution is 0.251. The Labute approximate surface area is 107 Å². The molecule has 0 amide bonds. The van der Waals surface area contributed by atoms with Crippen molar-refractivity contribution in [2.75, 3.05) is 12.4 Å². The summed E-state index contributed by atoms with van der Waals surface area (Å²) in [6.07, 6.45) is 0.664. The molecule has 3 atom stereocenters. The zero-order chi connectivity index (χ0) is 12.8. The van der Waals surface area contributed by atoms with Gasteiger partial charge in [0.1, 0.15) is 17.6 Å². The van der Waals surface area contributed by atoms with E-state index < -0.39 is 15.1 Å². The Morgan fingerprint density at radius 3 is 2.94 bits per heavy atom. The van der Waals surface area contributed by atoms with Gasteiger partial charge in [0.2, 0.25) is 0 Å². The summed E-state index contributed by atoms with van der Waals surface area (Å²) in [7, 11) is -3.08. The minimum Gasteiger partial charge on any atom is -0.492 e. The minimum atomic E-state index is -3.08. The molecular formula is C13H17NO3S. The Hall–Kier alpha value is -1.07. The minimum absolute atomic E-state index is 0.141. The third-order valence-corrected chi connectivity index (χ3v) is 5.93. The lowest BCUT2D eigenvalue weighted by Crippen LogP contribution is -2.43. The van der Waals surface area contributed by atoms with Gasteiger partial charge in [-0.25, -0.2) is 8.42 Å². The molecule has 0 saturated carbocycles. The van der Waals surface area contributed by atoms with Crippen LogP contribution in [-0.2, 0) is 9.84 Å². The van der Waals surface area contributed by atoms with Gasteiger partial charge in [0.15, 0.2) is 9.84 Å². The van der Waals surface area contributed by atoms with Crippen molar-refractivity contribution < 1.29 is 13.2 Å². The van der Waals surface area contributed by atoms with Crippen molar-refractivity contribution in [3.05, 3.63) is 29.8 Å². The Balaban J connectivity index is 2.08. The van der Waals surface area contributed by atoms with E-state index in [4.69, 9.17) is 4.74 Å². The largest absolute Gasteiger partial charge is 0.492 e. The number of para-hydroxylation sites is 1. The molecule has 2 aliphatic rings. The molecule has 1 aromatic rings. The van der Waals surface area contributed by atoms with Crippen molar-refractivity contribution in [3.63, 3.8) is 0 Å². The quantitative estimate of drug-likeness (QED) is 0.769. The molecule has 0 aliphatic carbocycles. The average Bonchev–Trinajstić information content (AvgIpc) is 2.47. The monoisotopic (exact) mass is 267 g/mol. The predicted molar refractivity (Wildman–Crippen MR) is 69.5 cm³/mol. The lowest BCUT2D eigenvalue weighted by Gasteiger charge is -2.33. The first-order chi connectivity index (χ1) is 8.58. The number of fused-ring (bicyclic) bond motifs is 3. The maximum absolute atomic E-state index is 12.3. The Bertz CT molecular complexity index is 555. The first kappa shape index (κ1) is 12.0. The molecule has 98 valence electrons. The van der Waals surface area contributed by atoms with Gasteiger partial charge in [-0.2, -0.15) is 0 Å². The molecule has 2 heterocycles. The van der Waals surface area contributed by atoms with Crippen LogP contribution in [0.15, 0.2) is 24.3 Å². The van der Waals surface area contributed by atoms with E-state index in [-0.39, 0.29) is 24.4 Å². The van der Waals surface area contributed by atoms with Crippen molar-refractivity contribution in [2.24, 2.45) is 0 Å². The molecule has 1 saturated heterocycles. The van der Waals surface area contributed by atoms with Crippen LogP contribution in [0.1, 0.15) is 24.9 Å². The van der Waals surface area contributed by atoms with Crippen molar-refractivity contribution in [1.29, 1.82) is 0 Å². The Morgan fingerprint density at radius 2 is 2.11 bits per heavy atom. The molecule has 0 spiro atoms. The van der Waals surface area contributed by atoms with Gasteiger partial charge in [0, 0.05) is 11.6 Å². The van der Waals surface area contributed by atoms with E-state index in [1.54, 1.807) is 0 Å². The van der Waals surface area contributed by atoms with Crippen LogP contribution in [-0.4, -0.2) is 32.1 Å². The summed E-state index contributed by atoms with van der Waals surface area (Å²) in [5.74, 6) is 1.05. The lowest BCUT2D eigenvalue weighted by atomic mass is 9.99. The third-order valence-electron chi connectivity index (χ3n) is 3.79. The summed E-state index contributed by atoms with van der Waals surface area (Å²) < 4.78 is 30.1. The van der Waals surface area contributed by atoms with Crippen LogP contribution >= 0.6 is 0 Å². The molecule has 0 bridgehead atoms. The van der Waals surface area contributed by atoms with Crippen molar-refractivity contribution in [3.8, 4) is 5.75 Å². The van der Waals surface area contributed by atoms with E-state index >= 15 is 0 Å². The molecule has 0 radical (unpaired) electrons. The molecular weight excluding hydrogens is 250 g/mol. The second kappa shape index (κ2) is 4.24. The zero-order valence-corrected chi connectivity index (χ0v) is 11.1. The number of rotatable bonds is 0. The second-order valence-electron chi connectivity index (χ2n) is 5.09. The maximum Gasteiger partial charge on any atom is 0.158 e. The van der Waals surface area contributed by atoms with Crippen molar-refractivity contribution in [2.45, 2.75) is 30.7 Å². The smallest absolute Gasteiger partial charge is 0.158 e. The van der Waals surface area contributed by atoms with Gasteiger partial charge in [-0.1, -0.05) is 18.2 Å². The molecule has 3 unspecified atom stereocenters. The van der Waals surface area contributed by atoms with E-state index in [0.29, 0.717) is 6.42 Å². The summed E-state index contributed by atoms with van der Waals surface area (Å²) in [4.78, 5) is 0. The number of hydrogen-bond acceptors (Lipinski definition) is 4. The second-order valence-corrected chi connectivity index (χ2v) is 7.43. The van der Waals surface area contributed by atoms with Crippen LogP contribution in [0.3, 0.4) is 0 Å². The number of nitrogens with one attached hydrogen (secondary N) is 1. The highest BCUT2D eigenvalue weighted by Crippen LogP contribution is 2.37. The summed E-state index contributed by atoms with van der Waals surface area (Å²) in [6, 6.07) is 7.75. The van der Waals surface area contributed by atoms with Gasteiger partial charge in [-0.3, -0.25) is 0 Å². The van der Waals surface area contributed by atoms with E-state index in [0.717, 1.165) is 11.3 Å². The normalized spacial score (nSPS) is 33.7. The molecule has 3 rings (SSSR count). The highest BCUT2D eigenvalue weighted by atomic mass is 32.2. The van der Waals surface area contributed by atoms with E-state index in [1.165, 1.54) is 0 Å². The SMILES string of the molecule is CC1CCS(=O)(=O)C2COc3ccccc3C2N1. The van der Waals surface area contributed by atoms with Crippen LogP contribution in [0.5, 0.6) is 5.75 Å². The summed E-state index contributed by atoms with van der Waals surface area (Å²) in [5, 5.41) is 2.97. The summed E-state index contributed by atoms with van der Waals surface area (Å²) in [5.41, 5.74) is 0.964. The van der Waals surface area contributed by atoms with E-state index in [9.17, 15) is 8.42 Å². The molecule has 2 aliphatic heterocycles. The number of sulfone groups is 1. The first-order valence-electron chi connectivity index (χ1n) is 6.27. The average molecular weight is 267 g/mol. The van der Waals surface area contributed by atoms with Crippen LogP contribution in [0, 0.1) is 0 Å². The van der Waals surface area contributed by atoms with Crippen LogP contribution in [0.4, 0.5) is 0 Å². The van der Waals surface area contributed by atoms with Crippen molar-refractivity contribution in [1.82, 2.24) is 5.32 Å². The summed E-state index contributed by atoms with van der Waals surface area (Å²) >= 11 is 0. The molecule has 18 heavy (non-hydrogen) atoms. The number of hydrogen-bond donors (Lipinski definition) is 1. The Morgan fingerprint density at radius 1 is 1.33 bits per heavy atom. The van der Waals surface area contributed by atoms with Gasteiger partial charge in [0.05, 0.1) is 11.8 Å². The highest BCUT2D eigenvalue weighted by Gasteiger charge is 2.41. The van der Waals surface area contributed by atoms with E-state index in [1.807, 2.05) is 31.2 Å². The molecule has 1 N–H and O–H groups in total. The van der Waals surface area contributed by atoms with Crippen LogP contribution in [0.2, 0.25) is 0 Å². The van der Waals surface area contributed by atoms with E-state index in [2.05, 4.69) is 5.32 Å². The van der Waals surface area contributed by atoms with Gasteiger partial charge in [-0.15, -0.1) is 0 Å². The maximum atomic E-state index is 12.3. The number of ether oxygens (including phenoxy) is 1. The van der Waals surface area contributed by atoms with Gasteiger partial charge < -0.3 is 10.1 Å². The van der Waals surface area contributed by atoms with Crippen molar-refractivity contribution >= 4 is 9.84 Å². The topological polar surface area (TPSA) is 55.4 Å². The fourth-order valence-electron chi connectivity index (χ4n) is 2.73. The summed E-state index contributed by atoms with van der Waals surface area (Å²) in [6.45, 7) is 2.29. The van der Waals surface area contributed by atoms with Gasteiger partial charge in [-0.05, 0) is 19.4 Å². The fourth-order valence-corrected chi connectivity index (χ4v) is 4.63. The predicted octanol–water partition coefficient (Wildman–Crippen LogP) is 1.29. The van der Waals surface area contributed by atoms with Crippen LogP contribution in [0.25, 0.3) is 0 Å². The van der Waals surface area contributed by atoms with Gasteiger partial charge in [0.25, 0.3) is 0 Å². The van der Waals surface area contributed by atoms with Gasteiger partial charge >= 0.3 is 0 Å². The fraction of sp³-hybridized carbons (Fsp3) is 0.538. The third kappa shape index (κ3) is 1.91. The van der Waals surface area contributed by atoms with Crippen LogP contribution < -0.4 is 10.1 Å². The molecule has 1 aromatic carbocycles. The molecule has 0 aromatic heterocycles. The Kier molecular flexibility index (Phi) is 2.83. The standard InChI is InChI=1S/C13H17NO3S/c1-9-6-7-18(15,16)12-8-17-11-5-3-2-4-10(11)13(12)14-9/h2-5,9,12-14H,6-8H2,1H3. The highest BCUT2D eigenvalue weighted by molar-refractivity contribution is 7.92. The zero-order valence-electron chi connectivity index (χ0n) is 10.3.